The highest BCUT2D eigenvalue weighted by Crippen LogP contribution is 2.20. The lowest BCUT2D eigenvalue weighted by molar-refractivity contribution is 0.0864. The number of rotatable bonds is 10. The summed E-state index contributed by atoms with van der Waals surface area (Å²) in [6.45, 7) is 0.0943. The van der Waals surface area contributed by atoms with Gasteiger partial charge in [0.1, 0.15) is 6.61 Å². The number of nitrogens with zero attached hydrogens (tertiary/aromatic N) is 1. The molecule has 3 rings (SSSR count). The standard InChI is InChI=1S/C25H29N3O3/c26-23(21-13-5-2-6-14-21)24(22(29)15-7-11-19-9-3-1-4-10-19)28-25(30)31-18-20-12-8-16-27-17-20/h1-6,8-10,12-14,16-17,22-24,29H,7,11,15,18,26H2,(H,28,30). The Labute approximate surface area is 183 Å². The van der Waals surface area contributed by atoms with Crippen molar-refractivity contribution in [3.63, 3.8) is 0 Å². The number of hydrogen-bond acceptors (Lipinski definition) is 5. The molecule has 0 saturated carbocycles. The van der Waals surface area contributed by atoms with E-state index in [2.05, 4.69) is 22.4 Å². The first-order valence-corrected chi connectivity index (χ1v) is 10.5. The molecule has 31 heavy (non-hydrogen) atoms. The topological polar surface area (TPSA) is 97.5 Å². The molecule has 1 heterocycles. The Morgan fingerprint density at radius 2 is 1.68 bits per heavy atom. The van der Waals surface area contributed by atoms with E-state index in [-0.39, 0.29) is 6.61 Å². The highest BCUT2D eigenvalue weighted by atomic mass is 16.5. The van der Waals surface area contributed by atoms with Gasteiger partial charge in [0.05, 0.1) is 18.2 Å². The largest absolute Gasteiger partial charge is 0.445 e. The number of carbonyl (C=O) groups excluding carboxylic acids is 1. The zero-order valence-corrected chi connectivity index (χ0v) is 17.4. The molecule has 0 aliphatic rings. The second-order valence-electron chi connectivity index (χ2n) is 7.49. The van der Waals surface area contributed by atoms with E-state index in [9.17, 15) is 9.90 Å². The van der Waals surface area contributed by atoms with Gasteiger partial charge in [0.2, 0.25) is 0 Å². The van der Waals surface area contributed by atoms with E-state index >= 15 is 0 Å². The zero-order chi connectivity index (χ0) is 21.9. The fraction of sp³-hybridized carbons (Fsp3) is 0.280. The van der Waals surface area contributed by atoms with Crippen molar-refractivity contribution in [2.24, 2.45) is 5.73 Å². The number of aromatic nitrogens is 1. The number of aryl methyl sites for hydroxylation is 1. The van der Waals surface area contributed by atoms with Crippen LogP contribution < -0.4 is 11.1 Å². The number of alkyl carbamates (subject to hydrolysis) is 1. The van der Waals surface area contributed by atoms with Gasteiger partial charge in [0, 0.05) is 18.0 Å². The molecule has 1 aromatic heterocycles. The van der Waals surface area contributed by atoms with Gasteiger partial charge in [-0.2, -0.15) is 0 Å². The summed E-state index contributed by atoms with van der Waals surface area (Å²) < 4.78 is 5.31. The van der Waals surface area contributed by atoms with Gasteiger partial charge in [-0.1, -0.05) is 66.7 Å². The summed E-state index contributed by atoms with van der Waals surface area (Å²) in [4.78, 5) is 16.4. The van der Waals surface area contributed by atoms with Gasteiger partial charge in [-0.15, -0.1) is 0 Å². The molecular weight excluding hydrogens is 390 g/mol. The Morgan fingerprint density at radius 3 is 2.35 bits per heavy atom. The smallest absolute Gasteiger partial charge is 0.407 e. The fourth-order valence-electron chi connectivity index (χ4n) is 3.46. The van der Waals surface area contributed by atoms with Crippen LogP contribution in [0.3, 0.4) is 0 Å². The molecule has 1 amide bonds. The molecule has 0 spiro atoms. The fourth-order valence-corrected chi connectivity index (χ4v) is 3.46. The molecule has 6 nitrogen and oxygen atoms in total. The van der Waals surface area contributed by atoms with Crippen LogP contribution in [-0.4, -0.2) is 28.3 Å². The third-order valence-corrected chi connectivity index (χ3v) is 5.17. The Kier molecular flexibility index (Phi) is 8.58. The summed E-state index contributed by atoms with van der Waals surface area (Å²) in [5.74, 6) is 0. The van der Waals surface area contributed by atoms with Gasteiger partial charge in [-0.3, -0.25) is 4.98 Å². The van der Waals surface area contributed by atoms with Crippen molar-refractivity contribution in [3.8, 4) is 0 Å². The molecule has 3 unspecified atom stereocenters. The minimum absolute atomic E-state index is 0.0943. The van der Waals surface area contributed by atoms with Crippen molar-refractivity contribution >= 4 is 6.09 Å². The first-order valence-electron chi connectivity index (χ1n) is 10.5. The molecular formula is C25H29N3O3. The highest BCUT2D eigenvalue weighted by Gasteiger charge is 2.29. The van der Waals surface area contributed by atoms with E-state index in [4.69, 9.17) is 10.5 Å². The van der Waals surface area contributed by atoms with Crippen molar-refractivity contribution in [3.05, 3.63) is 102 Å². The summed E-state index contributed by atoms with van der Waals surface area (Å²) in [5, 5.41) is 13.7. The number of ether oxygens (including phenoxy) is 1. The van der Waals surface area contributed by atoms with E-state index in [0.29, 0.717) is 6.42 Å². The molecule has 0 aliphatic heterocycles. The Hall–Kier alpha value is -3.22. The van der Waals surface area contributed by atoms with Crippen molar-refractivity contribution < 1.29 is 14.6 Å². The second-order valence-corrected chi connectivity index (χ2v) is 7.49. The van der Waals surface area contributed by atoms with Crippen LogP contribution in [0.2, 0.25) is 0 Å². The summed E-state index contributed by atoms with van der Waals surface area (Å²) >= 11 is 0. The van der Waals surface area contributed by atoms with Crippen molar-refractivity contribution in [2.75, 3.05) is 0 Å². The maximum atomic E-state index is 12.4. The van der Waals surface area contributed by atoms with Crippen LogP contribution in [-0.2, 0) is 17.8 Å². The molecule has 0 aliphatic carbocycles. The van der Waals surface area contributed by atoms with Gasteiger partial charge in [-0.05, 0) is 36.5 Å². The monoisotopic (exact) mass is 419 g/mol. The summed E-state index contributed by atoms with van der Waals surface area (Å²) in [6, 6.07) is 21.9. The predicted octanol–water partition coefficient (Wildman–Crippen LogP) is 3.76. The molecule has 0 fully saturated rings. The Bertz CT molecular complexity index is 907. The van der Waals surface area contributed by atoms with Gasteiger partial charge in [0.25, 0.3) is 0 Å². The van der Waals surface area contributed by atoms with Crippen molar-refractivity contribution in [1.82, 2.24) is 10.3 Å². The lowest BCUT2D eigenvalue weighted by Gasteiger charge is -2.29. The zero-order valence-electron chi connectivity index (χ0n) is 17.4. The Morgan fingerprint density at radius 1 is 1.00 bits per heavy atom. The second kappa shape index (κ2) is 11.8. The number of nitrogens with one attached hydrogen (secondary N) is 1. The molecule has 0 saturated heterocycles. The van der Waals surface area contributed by atoms with Crippen LogP contribution in [0.25, 0.3) is 0 Å². The van der Waals surface area contributed by atoms with Crippen LogP contribution in [0.15, 0.2) is 85.2 Å². The number of aliphatic hydroxyl groups is 1. The van der Waals surface area contributed by atoms with Crippen LogP contribution in [0, 0.1) is 0 Å². The van der Waals surface area contributed by atoms with E-state index < -0.39 is 24.3 Å². The van der Waals surface area contributed by atoms with Crippen molar-refractivity contribution in [2.45, 2.75) is 44.1 Å². The molecule has 2 aromatic carbocycles. The Balaban J connectivity index is 1.61. The normalized spacial score (nSPS) is 13.7. The third-order valence-electron chi connectivity index (χ3n) is 5.17. The number of nitrogens with two attached hydrogens (primary N) is 1. The van der Waals surface area contributed by atoms with Crippen LogP contribution in [0.1, 0.15) is 35.6 Å². The molecule has 0 bridgehead atoms. The van der Waals surface area contributed by atoms with Crippen LogP contribution in [0.4, 0.5) is 4.79 Å². The third kappa shape index (κ3) is 7.20. The minimum Gasteiger partial charge on any atom is -0.445 e. The minimum atomic E-state index is -0.815. The number of amides is 1. The van der Waals surface area contributed by atoms with Crippen LogP contribution >= 0.6 is 0 Å². The maximum Gasteiger partial charge on any atom is 0.407 e. The lowest BCUT2D eigenvalue weighted by atomic mass is 9.92. The molecule has 3 aromatic rings. The average Bonchev–Trinajstić information content (AvgIpc) is 2.82. The average molecular weight is 420 g/mol. The highest BCUT2D eigenvalue weighted by molar-refractivity contribution is 5.68. The quantitative estimate of drug-likeness (QED) is 0.465. The molecule has 6 heteroatoms. The number of hydrogen-bond donors (Lipinski definition) is 3. The first-order chi connectivity index (χ1) is 15.1. The maximum absolute atomic E-state index is 12.4. The number of pyridine rings is 1. The van der Waals surface area contributed by atoms with E-state index in [1.807, 2.05) is 54.6 Å². The predicted molar refractivity (Wildman–Crippen MR) is 120 cm³/mol. The molecule has 4 N–H and O–H groups in total. The molecule has 162 valence electrons. The van der Waals surface area contributed by atoms with Gasteiger partial charge in [-0.25, -0.2) is 4.79 Å². The molecule has 3 atom stereocenters. The number of carbonyl (C=O) groups is 1. The summed E-state index contributed by atoms with van der Waals surface area (Å²) in [5.41, 5.74) is 9.27. The lowest BCUT2D eigenvalue weighted by Crippen LogP contribution is -2.50. The van der Waals surface area contributed by atoms with Gasteiger partial charge in [0.15, 0.2) is 0 Å². The van der Waals surface area contributed by atoms with Crippen LogP contribution in [0.5, 0.6) is 0 Å². The van der Waals surface area contributed by atoms with Gasteiger partial charge < -0.3 is 20.9 Å². The van der Waals surface area contributed by atoms with E-state index in [0.717, 1.165) is 24.0 Å². The summed E-state index contributed by atoms with van der Waals surface area (Å²) in [7, 11) is 0. The van der Waals surface area contributed by atoms with E-state index in [1.54, 1.807) is 18.5 Å². The first kappa shape index (κ1) is 22.5. The summed E-state index contributed by atoms with van der Waals surface area (Å²) in [6.07, 6.45) is 3.98. The molecule has 0 radical (unpaired) electrons. The number of benzene rings is 2. The SMILES string of the molecule is NC(c1ccccc1)C(NC(=O)OCc1cccnc1)C(O)CCCc1ccccc1. The van der Waals surface area contributed by atoms with Crippen molar-refractivity contribution in [1.29, 1.82) is 0 Å². The number of aliphatic hydroxyl groups excluding tert-OH is 1. The van der Waals surface area contributed by atoms with E-state index in [1.165, 1.54) is 5.56 Å². The van der Waals surface area contributed by atoms with Gasteiger partial charge >= 0.3 is 6.09 Å².